The molecule has 2 amide bonds. The van der Waals surface area contributed by atoms with Crippen LogP contribution < -0.4 is 15.5 Å². The lowest BCUT2D eigenvalue weighted by atomic mass is 10.1. The van der Waals surface area contributed by atoms with Crippen molar-refractivity contribution in [1.82, 2.24) is 20.2 Å². The highest BCUT2D eigenvalue weighted by molar-refractivity contribution is 5.90. The number of carbonyl (C=O) groups excluding carboxylic acids is 2. The van der Waals surface area contributed by atoms with Gasteiger partial charge in [-0.1, -0.05) is 12.1 Å². The maximum atomic E-state index is 12.6. The van der Waals surface area contributed by atoms with Crippen LogP contribution in [0.2, 0.25) is 0 Å². The van der Waals surface area contributed by atoms with Crippen molar-refractivity contribution in [3.8, 4) is 0 Å². The van der Waals surface area contributed by atoms with E-state index in [9.17, 15) is 9.59 Å². The number of carbonyl (C=O) groups is 2. The summed E-state index contributed by atoms with van der Waals surface area (Å²) < 4.78 is 0. The van der Waals surface area contributed by atoms with E-state index in [1.807, 2.05) is 36.2 Å². The van der Waals surface area contributed by atoms with Crippen molar-refractivity contribution >= 4 is 35.9 Å². The van der Waals surface area contributed by atoms with Gasteiger partial charge in [-0.2, -0.15) is 0 Å². The molecule has 0 bridgehead atoms. The van der Waals surface area contributed by atoms with Gasteiger partial charge in [-0.25, -0.2) is 9.97 Å². The second-order valence-corrected chi connectivity index (χ2v) is 7.05. The molecule has 1 aliphatic rings. The third-order valence-electron chi connectivity index (χ3n) is 4.89. The first kappa shape index (κ1) is 23.6. The second-order valence-electron chi connectivity index (χ2n) is 7.05. The topological polar surface area (TPSA) is 90.5 Å². The summed E-state index contributed by atoms with van der Waals surface area (Å²) in [4.78, 5) is 37.0. The quantitative estimate of drug-likeness (QED) is 0.617. The molecule has 1 fully saturated rings. The zero-order chi connectivity index (χ0) is 20.5. The average molecular weight is 433 g/mol. The molecule has 0 radical (unpaired) electrons. The number of hydrogen-bond acceptors (Lipinski definition) is 6. The molecule has 0 atom stereocenters. The van der Waals surface area contributed by atoms with Crippen LogP contribution in [0.3, 0.4) is 0 Å². The van der Waals surface area contributed by atoms with Crippen molar-refractivity contribution in [3.05, 3.63) is 48.3 Å². The molecule has 2 heterocycles. The van der Waals surface area contributed by atoms with Crippen molar-refractivity contribution in [1.29, 1.82) is 0 Å². The molecule has 2 N–H and O–H groups in total. The van der Waals surface area contributed by atoms with Gasteiger partial charge in [0.1, 0.15) is 0 Å². The molecule has 0 unspecified atom stereocenters. The van der Waals surface area contributed by atoms with Gasteiger partial charge in [0.15, 0.2) is 0 Å². The van der Waals surface area contributed by atoms with E-state index in [0.717, 1.165) is 37.3 Å². The molecule has 1 aromatic heterocycles. The average Bonchev–Trinajstić information content (AvgIpc) is 2.76. The Balaban J connectivity index is 0.00000320. The first-order valence-corrected chi connectivity index (χ1v) is 9.99. The molecule has 1 aromatic carbocycles. The normalized spacial score (nSPS) is 13.5. The summed E-state index contributed by atoms with van der Waals surface area (Å²) >= 11 is 0. The number of amides is 2. The predicted molar refractivity (Wildman–Crippen MR) is 120 cm³/mol. The van der Waals surface area contributed by atoms with Gasteiger partial charge in [-0.15, -0.1) is 12.4 Å². The summed E-state index contributed by atoms with van der Waals surface area (Å²) in [6.07, 6.45) is 5.11. The minimum Gasteiger partial charge on any atom is -0.339 e. The van der Waals surface area contributed by atoms with Crippen molar-refractivity contribution in [2.45, 2.75) is 19.3 Å². The number of nitrogens with zero attached hydrogens (tertiary/aromatic N) is 4. The van der Waals surface area contributed by atoms with Gasteiger partial charge < -0.3 is 20.4 Å². The highest BCUT2D eigenvalue weighted by Crippen LogP contribution is 2.14. The summed E-state index contributed by atoms with van der Waals surface area (Å²) in [5.41, 5.74) is 1.70. The van der Waals surface area contributed by atoms with Gasteiger partial charge in [0.2, 0.25) is 17.8 Å². The van der Waals surface area contributed by atoms with E-state index in [0.29, 0.717) is 31.9 Å². The molecule has 2 aromatic rings. The number of nitrogens with one attached hydrogen (secondary N) is 2. The maximum Gasteiger partial charge on any atom is 0.227 e. The Labute approximate surface area is 183 Å². The number of rotatable bonds is 8. The zero-order valence-corrected chi connectivity index (χ0v) is 18.0. The molecule has 3 rings (SSSR count). The Morgan fingerprint density at radius 3 is 2.33 bits per heavy atom. The van der Waals surface area contributed by atoms with Crippen molar-refractivity contribution in [2.75, 3.05) is 50.0 Å². The second kappa shape index (κ2) is 12.1. The highest BCUT2D eigenvalue weighted by atomic mass is 35.5. The third-order valence-corrected chi connectivity index (χ3v) is 4.89. The molecule has 9 heteroatoms. The molecular formula is C21H29ClN6O2. The largest absolute Gasteiger partial charge is 0.339 e. The monoisotopic (exact) mass is 432 g/mol. The predicted octanol–water partition coefficient (Wildman–Crippen LogP) is 1.73. The Morgan fingerprint density at radius 2 is 1.70 bits per heavy atom. The lowest BCUT2D eigenvalue weighted by Crippen LogP contribution is -2.49. The van der Waals surface area contributed by atoms with Crippen molar-refractivity contribution in [3.63, 3.8) is 0 Å². The van der Waals surface area contributed by atoms with Gasteiger partial charge >= 0.3 is 0 Å². The molecular weight excluding hydrogens is 404 g/mol. The SMILES string of the molecule is CNCCCC(=O)Nc1ccc(CC(=O)N2CCN(c3ncccn3)CC2)cc1.Cl. The van der Waals surface area contributed by atoms with Crippen LogP contribution in [-0.2, 0) is 16.0 Å². The van der Waals surface area contributed by atoms with E-state index in [4.69, 9.17) is 0 Å². The van der Waals surface area contributed by atoms with Crippen molar-refractivity contribution < 1.29 is 9.59 Å². The molecule has 30 heavy (non-hydrogen) atoms. The van der Waals surface area contributed by atoms with Gasteiger partial charge in [0.25, 0.3) is 0 Å². The van der Waals surface area contributed by atoms with E-state index < -0.39 is 0 Å². The standard InChI is InChI=1S/C21H28N6O2.ClH/c1-22-9-2-4-19(28)25-18-7-5-17(6-8-18)16-20(29)26-12-14-27(15-13-26)21-23-10-3-11-24-21;/h3,5-8,10-11,22H,2,4,9,12-16H2,1H3,(H,25,28);1H. The number of anilines is 2. The molecule has 162 valence electrons. The first-order valence-electron chi connectivity index (χ1n) is 9.99. The highest BCUT2D eigenvalue weighted by Gasteiger charge is 2.22. The van der Waals surface area contributed by atoms with E-state index in [1.165, 1.54) is 0 Å². The molecule has 0 saturated carbocycles. The Bertz CT molecular complexity index is 795. The van der Waals surface area contributed by atoms with Crippen LogP contribution in [0.1, 0.15) is 18.4 Å². The Hall–Kier alpha value is -2.71. The summed E-state index contributed by atoms with van der Waals surface area (Å²) in [5, 5.41) is 5.91. The van der Waals surface area contributed by atoms with Crippen LogP contribution in [0.4, 0.5) is 11.6 Å². The van der Waals surface area contributed by atoms with Gasteiger partial charge in [0, 0.05) is 50.7 Å². The summed E-state index contributed by atoms with van der Waals surface area (Å²) in [6, 6.07) is 9.29. The Morgan fingerprint density at radius 1 is 1.03 bits per heavy atom. The van der Waals surface area contributed by atoms with E-state index in [1.54, 1.807) is 18.5 Å². The van der Waals surface area contributed by atoms with Gasteiger partial charge in [-0.3, -0.25) is 9.59 Å². The molecule has 1 aliphatic heterocycles. The third kappa shape index (κ3) is 6.96. The number of benzene rings is 1. The fourth-order valence-electron chi connectivity index (χ4n) is 3.25. The molecule has 0 spiro atoms. The van der Waals surface area contributed by atoms with Crippen LogP contribution in [0, 0.1) is 0 Å². The maximum absolute atomic E-state index is 12.6. The smallest absolute Gasteiger partial charge is 0.227 e. The first-order chi connectivity index (χ1) is 14.2. The lowest BCUT2D eigenvalue weighted by Gasteiger charge is -2.34. The summed E-state index contributed by atoms with van der Waals surface area (Å²) in [5.74, 6) is 0.829. The van der Waals surface area contributed by atoms with E-state index >= 15 is 0 Å². The van der Waals surface area contributed by atoms with Crippen LogP contribution in [0.5, 0.6) is 0 Å². The fourth-order valence-corrected chi connectivity index (χ4v) is 3.25. The number of hydrogen-bond donors (Lipinski definition) is 2. The number of halogens is 1. The molecule has 8 nitrogen and oxygen atoms in total. The fraction of sp³-hybridized carbons (Fsp3) is 0.429. The van der Waals surface area contributed by atoms with Crippen LogP contribution >= 0.6 is 12.4 Å². The van der Waals surface area contributed by atoms with Crippen molar-refractivity contribution in [2.24, 2.45) is 0 Å². The minimum absolute atomic E-state index is 0. The van der Waals surface area contributed by atoms with E-state index in [2.05, 4.69) is 25.5 Å². The lowest BCUT2D eigenvalue weighted by molar-refractivity contribution is -0.130. The summed E-state index contributed by atoms with van der Waals surface area (Å²) in [7, 11) is 1.87. The van der Waals surface area contributed by atoms with Gasteiger partial charge in [0.05, 0.1) is 6.42 Å². The van der Waals surface area contributed by atoms with Crippen LogP contribution in [-0.4, -0.2) is 66.5 Å². The zero-order valence-electron chi connectivity index (χ0n) is 17.2. The summed E-state index contributed by atoms with van der Waals surface area (Å²) in [6.45, 7) is 3.61. The van der Waals surface area contributed by atoms with Gasteiger partial charge in [-0.05, 0) is 43.8 Å². The molecule has 0 aliphatic carbocycles. The number of aromatic nitrogens is 2. The number of piperazine rings is 1. The molecule has 1 saturated heterocycles. The minimum atomic E-state index is 0. The van der Waals surface area contributed by atoms with Crippen LogP contribution in [0.15, 0.2) is 42.7 Å². The van der Waals surface area contributed by atoms with E-state index in [-0.39, 0.29) is 24.2 Å². The van der Waals surface area contributed by atoms with Crippen LogP contribution in [0.25, 0.3) is 0 Å². The Kier molecular flexibility index (Phi) is 9.50.